The second kappa shape index (κ2) is 4.87. The zero-order chi connectivity index (χ0) is 15.2. The molecule has 1 aromatic carbocycles. The van der Waals surface area contributed by atoms with Crippen LogP contribution in [0.15, 0.2) is 30.5 Å². The molecule has 2 aliphatic rings. The molecule has 5 nitrogen and oxygen atoms in total. The Morgan fingerprint density at radius 1 is 1.27 bits per heavy atom. The second-order valence-corrected chi connectivity index (χ2v) is 6.39. The smallest absolute Gasteiger partial charge is 0.289 e. The maximum Gasteiger partial charge on any atom is 0.289 e. The molecule has 3 heterocycles. The number of imidazole rings is 1. The third-order valence-electron chi connectivity index (χ3n) is 5.03. The third kappa shape index (κ3) is 2.00. The number of para-hydroxylation sites is 1. The third-order valence-corrected chi connectivity index (χ3v) is 5.03. The molecule has 0 atom stereocenters. The highest BCUT2D eigenvalue weighted by molar-refractivity contribution is 5.90. The normalized spacial score (nSPS) is 19.0. The summed E-state index contributed by atoms with van der Waals surface area (Å²) in [7, 11) is 0. The molecule has 2 N–H and O–H groups in total. The second-order valence-electron chi connectivity index (χ2n) is 6.39. The fourth-order valence-electron chi connectivity index (χ4n) is 3.71. The van der Waals surface area contributed by atoms with E-state index in [1.54, 1.807) is 6.20 Å². The Hall–Kier alpha value is -2.30. The minimum Gasteiger partial charge on any atom is -0.384 e. The molecule has 1 amide bonds. The first-order chi connectivity index (χ1) is 10.7. The quantitative estimate of drug-likeness (QED) is 0.849. The lowest BCUT2D eigenvalue weighted by atomic mass is 9.74. The highest BCUT2D eigenvalue weighted by Gasteiger charge is 2.42. The number of piperidine rings is 1. The molecule has 1 spiro atoms. The van der Waals surface area contributed by atoms with Crippen LogP contribution in [0, 0.1) is 6.92 Å². The number of aryl methyl sites for hydroxylation is 1. The Kier molecular flexibility index (Phi) is 2.96. The summed E-state index contributed by atoms with van der Waals surface area (Å²) >= 11 is 0. The molecule has 2 aromatic rings. The Bertz CT molecular complexity index is 713. The lowest BCUT2D eigenvalue weighted by Gasteiger charge is -2.39. The Morgan fingerprint density at radius 3 is 2.77 bits per heavy atom. The molecule has 0 radical (unpaired) electrons. The summed E-state index contributed by atoms with van der Waals surface area (Å²) in [6.07, 6.45) is 3.71. The van der Waals surface area contributed by atoms with Crippen LogP contribution in [0.5, 0.6) is 0 Å². The number of hydrogen-bond donors (Lipinski definition) is 2. The number of carbonyl (C=O) groups excluding carboxylic acids is 1. The van der Waals surface area contributed by atoms with Gasteiger partial charge in [-0.2, -0.15) is 0 Å². The highest BCUT2D eigenvalue weighted by atomic mass is 16.2. The standard InChI is InChI=1S/C17H20N4O/c1-12-10-18-15(20-12)16(22)21-8-6-17(7-9-21)11-19-14-5-3-2-4-13(14)17/h2-5,10,19H,6-9,11H2,1H3,(H,18,20). The summed E-state index contributed by atoms with van der Waals surface area (Å²) < 4.78 is 0. The zero-order valence-electron chi connectivity index (χ0n) is 12.7. The average Bonchev–Trinajstić information content (AvgIpc) is 3.13. The molecule has 1 saturated heterocycles. The molecule has 4 rings (SSSR count). The Balaban J connectivity index is 1.51. The summed E-state index contributed by atoms with van der Waals surface area (Å²) in [5.41, 5.74) is 3.78. The number of H-pyrrole nitrogens is 1. The number of aromatic nitrogens is 2. The lowest BCUT2D eigenvalue weighted by Crippen LogP contribution is -2.46. The SMILES string of the molecule is Cc1cnc(C(=O)N2CCC3(CC2)CNc2ccccc23)[nH]1. The van der Waals surface area contributed by atoms with E-state index in [-0.39, 0.29) is 11.3 Å². The van der Waals surface area contributed by atoms with Gasteiger partial charge in [0, 0.05) is 42.6 Å². The number of nitrogens with one attached hydrogen (secondary N) is 2. The van der Waals surface area contributed by atoms with E-state index < -0.39 is 0 Å². The lowest BCUT2D eigenvalue weighted by molar-refractivity contribution is 0.0665. The highest BCUT2D eigenvalue weighted by Crippen LogP contribution is 2.43. The number of rotatable bonds is 1. The molecule has 1 aromatic heterocycles. The van der Waals surface area contributed by atoms with Crippen LogP contribution in [0.25, 0.3) is 0 Å². The molecule has 0 saturated carbocycles. The topological polar surface area (TPSA) is 61.0 Å². The molecular weight excluding hydrogens is 276 g/mol. The first-order valence-electron chi connectivity index (χ1n) is 7.82. The molecule has 0 bridgehead atoms. The van der Waals surface area contributed by atoms with E-state index in [0.717, 1.165) is 38.2 Å². The predicted octanol–water partition coefficient (Wildman–Crippen LogP) is 2.32. The number of nitrogens with zero attached hydrogens (tertiary/aromatic N) is 2. The fraction of sp³-hybridized carbons (Fsp3) is 0.412. The van der Waals surface area contributed by atoms with E-state index in [1.165, 1.54) is 11.3 Å². The number of hydrogen-bond acceptors (Lipinski definition) is 3. The number of anilines is 1. The van der Waals surface area contributed by atoms with Crippen LogP contribution in [0.2, 0.25) is 0 Å². The number of likely N-dealkylation sites (tertiary alicyclic amines) is 1. The van der Waals surface area contributed by atoms with Crippen molar-refractivity contribution in [2.45, 2.75) is 25.2 Å². The first-order valence-corrected chi connectivity index (χ1v) is 7.82. The molecule has 1 fully saturated rings. The molecule has 22 heavy (non-hydrogen) atoms. The van der Waals surface area contributed by atoms with Gasteiger partial charge in [-0.25, -0.2) is 4.98 Å². The van der Waals surface area contributed by atoms with Crippen LogP contribution in [-0.2, 0) is 5.41 Å². The van der Waals surface area contributed by atoms with Crippen LogP contribution in [0.3, 0.4) is 0 Å². The van der Waals surface area contributed by atoms with E-state index in [2.05, 4.69) is 39.6 Å². The van der Waals surface area contributed by atoms with Crippen molar-refractivity contribution in [2.24, 2.45) is 0 Å². The Morgan fingerprint density at radius 2 is 2.05 bits per heavy atom. The Labute approximate surface area is 129 Å². The van der Waals surface area contributed by atoms with Crippen molar-refractivity contribution < 1.29 is 4.79 Å². The average molecular weight is 296 g/mol. The molecule has 0 aliphatic carbocycles. The van der Waals surface area contributed by atoms with Gasteiger partial charge in [-0.3, -0.25) is 4.79 Å². The number of benzene rings is 1. The molecule has 5 heteroatoms. The number of carbonyl (C=O) groups is 1. The van der Waals surface area contributed by atoms with Gasteiger partial charge < -0.3 is 15.2 Å². The van der Waals surface area contributed by atoms with Crippen LogP contribution >= 0.6 is 0 Å². The van der Waals surface area contributed by atoms with E-state index in [9.17, 15) is 4.79 Å². The van der Waals surface area contributed by atoms with Gasteiger partial charge in [0.1, 0.15) is 0 Å². The van der Waals surface area contributed by atoms with Gasteiger partial charge in [0.05, 0.1) is 0 Å². The van der Waals surface area contributed by atoms with E-state index in [0.29, 0.717) is 5.82 Å². The van der Waals surface area contributed by atoms with E-state index in [1.807, 2.05) is 11.8 Å². The van der Waals surface area contributed by atoms with Gasteiger partial charge in [0.2, 0.25) is 0 Å². The van der Waals surface area contributed by atoms with Gasteiger partial charge >= 0.3 is 0 Å². The summed E-state index contributed by atoms with van der Waals surface area (Å²) in [6, 6.07) is 8.55. The molecule has 114 valence electrons. The maximum absolute atomic E-state index is 12.5. The minimum atomic E-state index is 0.0159. The monoisotopic (exact) mass is 296 g/mol. The van der Waals surface area contributed by atoms with Crippen LogP contribution < -0.4 is 5.32 Å². The van der Waals surface area contributed by atoms with E-state index in [4.69, 9.17) is 0 Å². The number of amides is 1. The number of aromatic amines is 1. The summed E-state index contributed by atoms with van der Waals surface area (Å²) in [5, 5.41) is 3.52. The molecule has 0 unspecified atom stereocenters. The number of fused-ring (bicyclic) bond motifs is 2. The minimum absolute atomic E-state index is 0.0159. The first kappa shape index (κ1) is 13.4. The fourth-order valence-corrected chi connectivity index (χ4v) is 3.71. The van der Waals surface area contributed by atoms with Crippen molar-refractivity contribution >= 4 is 11.6 Å². The van der Waals surface area contributed by atoms with Gasteiger partial charge in [-0.05, 0) is 31.4 Å². The predicted molar refractivity (Wildman–Crippen MR) is 85.1 cm³/mol. The molecule has 2 aliphatic heterocycles. The van der Waals surface area contributed by atoms with Crippen LogP contribution in [0.1, 0.15) is 34.7 Å². The van der Waals surface area contributed by atoms with Gasteiger partial charge in [0.15, 0.2) is 5.82 Å². The van der Waals surface area contributed by atoms with Gasteiger partial charge in [-0.1, -0.05) is 18.2 Å². The molecular formula is C17H20N4O. The van der Waals surface area contributed by atoms with Crippen molar-refractivity contribution in [1.82, 2.24) is 14.9 Å². The van der Waals surface area contributed by atoms with Crippen molar-refractivity contribution in [3.63, 3.8) is 0 Å². The summed E-state index contributed by atoms with van der Waals surface area (Å²) in [4.78, 5) is 21.6. The van der Waals surface area contributed by atoms with Gasteiger partial charge in [-0.15, -0.1) is 0 Å². The summed E-state index contributed by atoms with van der Waals surface area (Å²) in [6.45, 7) is 4.47. The summed E-state index contributed by atoms with van der Waals surface area (Å²) in [5.74, 6) is 0.473. The van der Waals surface area contributed by atoms with Gasteiger partial charge in [0.25, 0.3) is 5.91 Å². The zero-order valence-corrected chi connectivity index (χ0v) is 12.7. The van der Waals surface area contributed by atoms with Crippen LogP contribution in [-0.4, -0.2) is 40.4 Å². The maximum atomic E-state index is 12.5. The van der Waals surface area contributed by atoms with Crippen molar-refractivity contribution in [3.8, 4) is 0 Å². The van der Waals surface area contributed by atoms with Crippen molar-refractivity contribution in [2.75, 3.05) is 25.0 Å². The largest absolute Gasteiger partial charge is 0.384 e. The van der Waals surface area contributed by atoms with Crippen molar-refractivity contribution in [1.29, 1.82) is 0 Å². The van der Waals surface area contributed by atoms with Crippen molar-refractivity contribution in [3.05, 3.63) is 47.5 Å². The van der Waals surface area contributed by atoms with Crippen LogP contribution in [0.4, 0.5) is 5.69 Å². The van der Waals surface area contributed by atoms with E-state index >= 15 is 0 Å².